The second kappa shape index (κ2) is 7.31. The summed E-state index contributed by atoms with van der Waals surface area (Å²) in [7, 11) is 0. The molecule has 2 rings (SSSR count). The Kier molecular flexibility index (Phi) is 5.44. The predicted molar refractivity (Wildman–Crippen MR) is 85.3 cm³/mol. The lowest BCUT2D eigenvalue weighted by Gasteiger charge is -2.04. The number of carbonyl (C=O) groups excluding carboxylic acids is 1. The van der Waals surface area contributed by atoms with Gasteiger partial charge in [0.25, 0.3) is 0 Å². The second-order valence-electron chi connectivity index (χ2n) is 5.35. The molecule has 0 atom stereocenters. The van der Waals surface area contributed by atoms with Crippen LogP contribution in [0.4, 0.5) is 0 Å². The van der Waals surface area contributed by atoms with E-state index in [1.807, 2.05) is 19.1 Å². The molecule has 0 radical (unpaired) electrons. The zero-order valence-corrected chi connectivity index (χ0v) is 13.5. The maximum absolute atomic E-state index is 11.9. The van der Waals surface area contributed by atoms with Gasteiger partial charge in [-0.2, -0.15) is 0 Å². The lowest BCUT2D eigenvalue weighted by molar-refractivity contribution is -0.121. The van der Waals surface area contributed by atoms with Gasteiger partial charge in [-0.05, 0) is 25.0 Å². The normalized spacial score (nSPS) is 10.9. The monoisotopic (exact) mass is 303 g/mol. The number of rotatable bonds is 6. The molecule has 0 aliphatic heterocycles. The minimum absolute atomic E-state index is 0.0674. The minimum Gasteiger partial charge on any atom is -0.351 e. The summed E-state index contributed by atoms with van der Waals surface area (Å²) in [5, 5.41) is 4.10. The molecule has 112 valence electrons. The molecule has 1 N–H and O–H groups in total. The summed E-state index contributed by atoms with van der Waals surface area (Å²) in [6.07, 6.45) is 4.75. The predicted octanol–water partition coefficient (Wildman–Crippen LogP) is 3.22. The van der Waals surface area contributed by atoms with Crippen molar-refractivity contribution in [3.05, 3.63) is 45.7 Å². The molecule has 0 spiro atoms. The molecule has 2 aromatic heterocycles. The number of hydrogen-bond donors (Lipinski definition) is 1. The van der Waals surface area contributed by atoms with Crippen molar-refractivity contribution >= 4 is 17.2 Å². The van der Waals surface area contributed by atoms with E-state index in [9.17, 15) is 4.79 Å². The van der Waals surface area contributed by atoms with Crippen molar-refractivity contribution in [3.8, 4) is 0 Å². The van der Waals surface area contributed by atoms with E-state index in [0.717, 1.165) is 27.6 Å². The van der Waals surface area contributed by atoms with Crippen molar-refractivity contribution in [1.29, 1.82) is 0 Å². The van der Waals surface area contributed by atoms with Crippen molar-refractivity contribution in [2.75, 3.05) is 0 Å². The smallest absolute Gasteiger partial charge is 0.220 e. The van der Waals surface area contributed by atoms with Crippen LogP contribution in [0.15, 0.2) is 24.5 Å². The molecule has 0 aliphatic carbocycles. The van der Waals surface area contributed by atoms with Gasteiger partial charge in [-0.25, -0.2) is 4.98 Å². The first kappa shape index (κ1) is 15.6. The Labute approximate surface area is 129 Å². The van der Waals surface area contributed by atoms with Crippen LogP contribution in [-0.2, 0) is 17.8 Å². The Hall–Kier alpha value is -1.75. The fourth-order valence-corrected chi connectivity index (χ4v) is 2.94. The fourth-order valence-electron chi connectivity index (χ4n) is 1.93. The van der Waals surface area contributed by atoms with Gasteiger partial charge < -0.3 is 5.32 Å². The van der Waals surface area contributed by atoms with E-state index < -0.39 is 0 Å². The number of carbonyl (C=O) groups is 1. The van der Waals surface area contributed by atoms with Crippen LogP contribution in [0.3, 0.4) is 0 Å². The van der Waals surface area contributed by atoms with E-state index in [2.05, 4.69) is 29.1 Å². The summed E-state index contributed by atoms with van der Waals surface area (Å²) < 4.78 is 0. The Balaban J connectivity index is 1.81. The molecule has 0 aliphatic rings. The van der Waals surface area contributed by atoms with Gasteiger partial charge in [0.15, 0.2) is 0 Å². The van der Waals surface area contributed by atoms with Crippen molar-refractivity contribution in [2.45, 2.75) is 46.1 Å². The van der Waals surface area contributed by atoms with Gasteiger partial charge in [-0.3, -0.25) is 9.78 Å². The van der Waals surface area contributed by atoms with Crippen LogP contribution in [0.25, 0.3) is 0 Å². The van der Waals surface area contributed by atoms with Crippen LogP contribution in [0.1, 0.15) is 47.3 Å². The van der Waals surface area contributed by atoms with E-state index in [0.29, 0.717) is 18.9 Å². The van der Waals surface area contributed by atoms with Crippen LogP contribution in [0.5, 0.6) is 0 Å². The van der Waals surface area contributed by atoms with E-state index in [4.69, 9.17) is 0 Å². The molecule has 0 saturated heterocycles. The average molecular weight is 303 g/mol. The number of aryl methyl sites for hydroxylation is 2. The highest BCUT2D eigenvalue weighted by molar-refractivity contribution is 7.11. The Morgan fingerprint density at radius 1 is 1.43 bits per heavy atom. The molecule has 0 aromatic carbocycles. The minimum atomic E-state index is 0.0674. The summed E-state index contributed by atoms with van der Waals surface area (Å²) in [6.45, 7) is 6.84. The largest absolute Gasteiger partial charge is 0.351 e. The molecule has 2 aromatic rings. The highest BCUT2D eigenvalue weighted by atomic mass is 32.1. The first-order valence-corrected chi connectivity index (χ1v) is 7.99. The number of thiazole rings is 1. The van der Waals surface area contributed by atoms with Gasteiger partial charge in [-0.1, -0.05) is 19.9 Å². The third kappa shape index (κ3) is 4.63. The first-order chi connectivity index (χ1) is 10.1. The number of nitrogens with one attached hydrogen (secondary N) is 1. The van der Waals surface area contributed by atoms with Gasteiger partial charge in [0.1, 0.15) is 0 Å². The molecule has 0 bridgehead atoms. The van der Waals surface area contributed by atoms with E-state index >= 15 is 0 Å². The number of nitrogens with zero attached hydrogens (tertiary/aromatic N) is 2. The van der Waals surface area contributed by atoms with Crippen LogP contribution < -0.4 is 5.32 Å². The lowest BCUT2D eigenvalue weighted by atomic mass is 10.1. The Morgan fingerprint density at radius 3 is 2.86 bits per heavy atom. The molecule has 1 amide bonds. The first-order valence-electron chi connectivity index (χ1n) is 7.18. The van der Waals surface area contributed by atoms with Crippen molar-refractivity contribution in [2.24, 2.45) is 0 Å². The summed E-state index contributed by atoms with van der Waals surface area (Å²) >= 11 is 1.69. The topological polar surface area (TPSA) is 54.9 Å². The van der Waals surface area contributed by atoms with Gasteiger partial charge in [0.05, 0.1) is 17.2 Å². The summed E-state index contributed by atoms with van der Waals surface area (Å²) in [4.78, 5) is 21.6. The second-order valence-corrected chi connectivity index (χ2v) is 6.47. The zero-order valence-electron chi connectivity index (χ0n) is 12.7. The Morgan fingerprint density at radius 2 is 2.24 bits per heavy atom. The van der Waals surface area contributed by atoms with Crippen LogP contribution in [0, 0.1) is 6.92 Å². The maximum atomic E-state index is 11.9. The average Bonchev–Trinajstić information content (AvgIpc) is 2.85. The summed E-state index contributed by atoms with van der Waals surface area (Å²) in [5.41, 5.74) is 2.11. The quantitative estimate of drug-likeness (QED) is 0.891. The van der Waals surface area contributed by atoms with Crippen LogP contribution >= 0.6 is 11.3 Å². The number of amides is 1. The van der Waals surface area contributed by atoms with Gasteiger partial charge >= 0.3 is 0 Å². The summed E-state index contributed by atoms with van der Waals surface area (Å²) in [5.74, 6) is 0.501. The van der Waals surface area contributed by atoms with Gasteiger partial charge in [-0.15, -0.1) is 11.3 Å². The van der Waals surface area contributed by atoms with E-state index in [1.165, 1.54) is 0 Å². The summed E-state index contributed by atoms with van der Waals surface area (Å²) in [6, 6.07) is 3.88. The number of aromatic nitrogens is 2. The fraction of sp³-hybridized carbons (Fsp3) is 0.438. The standard InChI is InChI=1S/C16H21N3OS/c1-11(2)16-19-12(3)14(21-16)10-18-15(20)7-6-13-5-4-8-17-9-13/h4-5,8-9,11H,6-7,10H2,1-3H3,(H,18,20). The molecule has 0 fully saturated rings. The molecule has 4 nitrogen and oxygen atoms in total. The number of hydrogen-bond acceptors (Lipinski definition) is 4. The molecule has 2 heterocycles. The molecular weight excluding hydrogens is 282 g/mol. The highest BCUT2D eigenvalue weighted by Crippen LogP contribution is 2.24. The van der Waals surface area contributed by atoms with E-state index in [-0.39, 0.29) is 5.91 Å². The van der Waals surface area contributed by atoms with Crippen molar-refractivity contribution in [3.63, 3.8) is 0 Å². The molecule has 21 heavy (non-hydrogen) atoms. The maximum Gasteiger partial charge on any atom is 0.220 e. The SMILES string of the molecule is Cc1nc(C(C)C)sc1CNC(=O)CCc1cccnc1. The highest BCUT2D eigenvalue weighted by Gasteiger charge is 2.11. The van der Waals surface area contributed by atoms with Crippen LogP contribution in [-0.4, -0.2) is 15.9 Å². The third-order valence-electron chi connectivity index (χ3n) is 3.21. The Bertz CT molecular complexity index is 593. The lowest BCUT2D eigenvalue weighted by Crippen LogP contribution is -2.22. The molecule has 0 saturated carbocycles. The van der Waals surface area contributed by atoms with E-state index in [1.54, 1.807) is 23.7 Å². The molecular formula is C16H21N3OS. The molecule has 5 heteroatoms. The zero-order chi connectivity index (χ0) is 15.2. The van der Waals surface area contributed by atoms with Crippen molar-refractivity contribution in [1.82, 2.24) is 15.3 Å². The molecule has 0 unspecified atom stereocenters. The van der Waals surface area contributed by atoms with Gasteiger partial charge in [0.2, 0.25) is 5.91 Å². The number of pyridine rings is 1. The van der Waals surface area contributed by atoms with Gasteiger partial charge in [0, 0.05) is 29.6 Å². The third-order valence-corrected chi connectivity index (χ3v) is 4.67. The van der Waals surface area contributed by atoms with Crippen molar-refractivity contribution < 1.29 is 4.79 Å². The van der Waals surface area contributed by atoms with Crippen LogP contribution in [0.2, 0.25) is 0 Å².